The molecule has 2 heterocycles. The van der Waals surface area contributed by atoms with Gasteiger partial charge in [0.05, 0.1) is 17.9 Å². The number of hydrogen-bond donors (Lipinski definition) is 0. The highest BCUT2D eigenvalue weighted by Crippen LogP contribution is 2.12. The number of rotatable bonds is 1. The van der Waals surface area contributed by atoms with Crippen molar-refractivity contribution >= 4 is 11.7 Å². The van der Waals surface area contributed by atoms with E-state index in [0.717, 1.165) is 23.1 Å². The molecule has 50 valence electrons. The van der Waals surface area contributed by atoms with Crippen molar-refractivity contribution in [1.82, 2.24) is 13.9 Å². The average Bonchev–Trinajstić information content (AvgIpc) is 2.59. The maximum atomic E-state index is 4.63. The highest BCUT2D eigenvalue weighted by molar-refractivity contribution is 6.99. The fourth-order valence-corrected chi connectivity index (χ4v) is 1.04. The van der Waals surface area contributed by atoms with E-state index in [1.54, 1.807) is 12.3 Å². The van der Waals surface area contributed by atoms with Crippen LogP contribution in [0, 0.1) is 0 Å². The Labute approximate surface area is 60.8 Å². The van der Waals surface area contributed by atoms with E-state index in [2.05, 4.69) is 18.4 Å². The lowest BCUT2D eigenvalue weighted by molar-refractivity contribution is 0.422. The lowest BCUT2D eigenvalue weighted by atomic mass is 10.3. The van der Waals surface area contributed by atoms with Crippen LogP contribution in [-0.2, 0) is 0 Å². The second-order valence-electron chi connectivity index (χ2n) is 1.68. The van der Waals surface area contributed by atoms with Crippen LogP contribution >= 0.6 is 11.7 Å². The summed E-state index contributed by atoms with van der Waals surface area (Å²) < 4.78 is 12.4. The third-order valence-corrected chi connectivity index (χ3v) is 1.54. The van der Waals surface area contributed by atoms with E-state index in [9.17, 15) is 0 Å². The van der Waals surface area contributed by atoms with E-state index in [4.69, 9.17) is 0 Å². The number of hydrogen-bond acceptors (Lipinski definition) is 5. The minimum atomic E-state index is 0.730. The van der Waals surface area contributed by atoms with Gasteiger partial charge in [0.15, 0.2) is 0 Å². The van der Waals surface area contributed by atoms with Crippen LogP contribution in [0.2, 0.25) is 0 Å². The summed E-state index contributed by atoms with van der Waals surface area (Å²) in [6.45, 7) is 0. The van der Waals surface area contributed by atoms with E-state index in [0.29, 0.717) is 0 Å². The van der Waals surface area contributed by atoms with Gasteiger partial charge in [-0.05, 0) is 0 Å². The molecule has 5 heteroatoms. The smallest absolute Gasteiger partial charge is 0.134 e. The quantitative estimate of drug-likeness (QED) is 0.617. The van der Waals surface area contributed by atoms with Crippen molar-refractivity contribution in [2.45, 2.75) is 0 Å². The maximum absolute atomic E-state index is 4.63. The molecule has 0 aliphatic heterocycles. The molecule has 0 aromatic carbocycles. The summed E-state index contributed by atoms with van der Waals surface area (Å²) in [7, 11) is 0. The van der Waals surface area contributed by atoms with Crippen LogP contribution in [0.3, 0.4) is 0 Å². The van der Waals surface area contributed by atoms with Gasteiger partial charge in [-0.25, -0.2) is 0 Å². The van der Waals surface area contributed by atoms with Crippen LogP contribution in [0.5, 0.6) is 0 Å². The molecule has 10 heavy (non-hydrogen) atoms. The van der Waals surface area contributed by atoms with Crippen molar-refractivity contribution in [1.29, 1.82) is 0 Å². The van der Waals surface area contributed by atoms with Crippen LogP contribution in [0.15, 0.2) is 23.0 Å². The molecule has 0 amide bonds. The van der Waals surface area contributed by atoms with Gasteiger partial charge in [-0.3, -0.25) is 0 Å². The van der Waals surface area contributed by atoms with Crippen LogP contribution in [-0.4, -0.2) is 13.9 Å². The molecular weight excluding hydrogens is 150 g/mol. The maximum Gasteiger partial charge on any atom is 0.134 e. The van der Waals surface area contributed by atoms with Gasteiger partial charge in [-0.2, -0.15) is 8.75 Å². The first-order chi connectivity index (χ1) is 4.97. The molecule has 2 rings (SSSR count). The third kappa shape index (κ3) is 0.801. The average molecular weight is 153 g/mol. The van der Waals surface area contributed by atoms with Gasteiger partial charge < -0.3 is 4.52 Å². The lowest BCUT2D eigenvalue weighted by Crippen LogP contribution is -1.72. The molecule has 0 aliphatic rings. The van der Waals surface area contributed by atoms with Crippen molar-refractivity contribution in [2.24, 2.45) is 0 Å². The van der Waals surface area contributed by atoms with Gasteiger partial charge in [0.2, 0.25) is 0 Å². The Morgan fingerprint density at radius 1 is 1.40 bits per heavy atom. The Bertz CT molecular complexity index is 256. The molecule has 4 nitrogen and oxygen atoms in total. The van der Waals surface area contributed by atoms with Gasteiger partial charge in [0.25, 0.3) is 0 Å². The van der Waals surface area contributed by atoms with E-state index in [1.807, 2.05) is 0 Å². The van der Waals surface area contributed by atoms with Gasteiger partial charge in [-0.15, -0.1) is 0 Å². The molecule has 0 atom stereocenters. The van der Waals surface area contributed by atoms with Crippen molar-refractivity contribution in [3.05, 3.63) is 18.5 Å². The zero-order chi connectivity index (χ0) is 6.81. The standard InChI is InChI=1S/C5H3N3OS/c1-2-9-7-4(1)5-3-6-10-8-5/h1-3H. The minimum Gasteiger partial charge on any atom is -0.364 e. The third-order valence-electron chi connectivity index (χ3n) is 1.06. The van der Waals surface area contributed by atoms with E-state index in [-0.39, 0.29) is 0 Å². The molecular formula is C5H3N3OS. The molecule has 0 radical (unpaired) electrons. The van der Waals surface area contributed by atoms with E-state index in [1.165, 1.54) is 6.26 Å². The van der Waals surface area contributed by atoms with Gasteiger partial charge in [-0.1, -0.05) is 5.16 Å². The summed E-state index contributed by atoms with van der Waals surface area (Å²) in [6.07, 6.45) is 3.16. The molecule has 0 bridgehead atoms. The Morgan fingerprint density at radius 3 is 3.00 bits per heavy atom. The number of aromatic nitrogens is 3. The topological polar surface area (TPSA) is 51.8 Å². The van der Waals surface area contributed by atoms with Gasteiger partial charge in [0.1, 0.15) is 17.7 Å². The van der Waals surface area contributed by atoms with E-state index >= 15 is 0 Å². The molecule has 2 aromatic rings. The highest BCUT2D eigenvalue weighted by Gasteiger charge is 2.01. The summed E-state index contributed by atoms with van der Waals surface area (Å²) in [6, 6.07) is 1.75. The van der Waals surface area contributed by atoms with Crippen molar-refractivity contribution in [2.75, 3.05) is 0 Å². The summed E-state index contributed by atoms with van der Waals surface area (Å²) in [5.74, 6) is 0. The molecule has 0 unspecified atom stereocenters. The predicted octanol–water partition coefficient (Wildman–Crippen LogP) is 1.19. The molecule has 0 saturated carbocycles. The zero-order valence-corrected chi connectivity index (χ0v) is 5.71. The Kier molecular flexibility index (Phi) is 1.21. The highest BCUT2D eigenvalue weighted by atomic mass is 32.1. The fraction of sp³-hybridized carbons (Fsp3) is 0. The monoisotopic (exact) mass is 153 g/mol. The van der Waals surface area contributed by atoms with Crippen molar-refractivity contribution < 1.29 is 4.52 Å². The second-order valence-corrected chi connectivity index (χ2v) is 2.23. The van der Waals surface area contributed by atoms with Crippen molar-refractivity contribution in [3.8, 4) is 11.4 Å². The van der Waals surface area contributed by atoms with Gasteiger partial charge >= 0.3 is 0 Å². The largest absolute Gasteiger partial charge is 0.364 e. The van der Waals surface area contributed by atoms with Gasteiger partial charge in [0, 0.05) is 6.07 Å². The van der Waals surface area contributed by atoms with Crippen LogP contribution in [0.4, 0.5) is 0 Å². The Morgan fingerprint density at radius 2 is 2.40 bits per heavy atom. The van der Waals surface area contributed by atoms with Crippen LogP contribution in [0.25, 0.3) is 11.4 Å². The molecule has 0 aliphatic carbocycles. The second kappa shape index (κ2) is 2.18. The molecule has 2 aromatic heterocycles. The van der Waals surface area contributed by atoms with Crippen LogP contribution in [0.1, 0.15) is 0 Å². The predicted molar refractivity (Wildman–Crippen MR) is 35.4 cm³/mol. The summed E-state index contributed by atoms with van der Waals surface area (Å²) >= 11 is 1.16. The first kappa shape index (κ1) is 5.55. The molecule has 0 spiro atoms. The summed E-state index contributed by atoms with van der Waals surface area (Å²) in [5, 5.41) is 3.69. The van der Waals surface area contributed by atoms with Crippen molar-refractivity contribution in [3.63, 3.8) is 0 Å². The molecule has 0 fully saturated rings. The molecule has 0 N–H and O–H groups in total. The normalized spacial score (nSPS) is 10.0. The Balaban J connectivity index is 2.48. The zero-order valence-electron chi connectivity index (χ0n) is 4.89. The lowest BCUT2D eigenvalue weighted by Gasteiger charge is -1.78. The fourth-order valence-electron chi connectivity index (χ4n) is 0.622. The first-order valence-corrected chi connectivity index (χ1v) is 3.38. The SMILES string of the molecule is c1cc(-c2cnsn2)no1. The molecule has 0 saturated heterocycles. The first-order valence-electron chi connectivity index (χ1n) is 2.65. The minimum absolute atomic E-state index is 0.730. The number of nitrogens with zero attached hydrogens (tertiary/aromatic N) is 3. The Hall–Kier alpha value is -1.23. The summed E-state index contributed by atoms with van der Waals surface area (Å²) in [4.78, 5) is 0. The van der Waals surface area contributed by atoms with Crippen LogP contribution < -0.4 is 0 Å². The summed E-state index contributed by atoms with van der Waals surface area (Å²) in [5.41, 5.74) is 1.49. The van der Waals surface area contributed by atoms with E-state index < -0.39 is 0 Å².